The van der Waals surface area contributed by atoms with Gasteiger partial charge in [-0.05, 0) is 42.3 Å². The highest BCUT2D eigenvalue weighted by atomic mass is 16.6. The monoisotopic (exact) mass is 385 g/mol. The van der Waals surface area contributed by atoms with Gasteiger partial charge in [-0.15, -0.1) is 0 Å². The molecule has 0 N–H and O–H groups in total. The Morgan fingerprint density at radius 1 is 1.07 bits per heavy atom. The molecule has 7 nitrogen and oxygen atoms in total. The van der Waals surface area contributed by atoms with E-state index in [0.29, 0.717) is 42.6 Å². The Bertz CT molecular complexity index is 879. The van der Waals surface area contributed by atoms with Crippen LogP contribution >= 0.6 is 0 Å². The van der Waals surface area contributed by atoms with Gasteiger partial charge in [0.2, 0.25) is 0 Å². The van der Waals surface area contributed by atoms with E-state index in [4.69, 9.17) is 18.9 Å². The van der Waals surface area contributed by atoms with Gasteiger partial charge in [0.1, 0.15) is 19.0 Å². The molecule has 0 saturated heterocycles. The minimum absolute atomic E-state index is 0.303. The first-order valence-electron chi connectivity index (χ1n) is 8.92. The van der Waals surface area contributed by atoms with Crippen LogP contribution in [-0.2, 0) is 16.1 Å². The van der Waals surface area contributed by atoms with Crippen molar-refractivity contribution in [1.29, 1.82) is 0 Å². The number of hydrogen-bond donors (Lipinski definition) is 0. The molecule has 0 fully saturated rings. The molecule has 2 aromatic carbocycles. The van der Waals surface area contributed by atoms with Gasteiger partial charge in [0.05, 0.1) is 12.7 Å². The highest BCUT2D eigenvalue weighted by Gasteiger charge is 2.17. The molecule has 0 radical (unpaired) electrons. The average Bonchev–Trinajstić information content (AvgIpc) is 2.71. The summed E-state index contributed by atoms with van der Waals surface area (Å²) in [6.45, 7) is 2.94. The molecule has 1 aliphatic rings. The van der Waals surface area contributed by atoms with Gasteiger partial charge in [-0.3, -0.25) is 4.79 Å². The molecule has 0 aromatic heterocycles. The third-order valence-corrected chi connectivity index (χ3v) is 4.42. The minimum atomic E-state index is -0.570. The van der Waals surface area contributed by atoms with Crippen molar-refractivity contribution in [3.8, 4) is 17.2 Å². The Kier molecular flexibility index (Phi) is 6.03. The van der Waals surface area contributed by atoms with Crippen molar-refractivity contribution in [2.75, 3.05) is 34.0 Å². The van der Waals surface area contributed by atoms with E-state index >= 15 is 0 Å². The number of carbonyl (C=O) groups excluding carboxylic acids is 2. The maximum absolute atomic E-state index is 12.3. The second-order valence-electron chi connectivity index (χ2n) is 6.49. The lowest BCUT2D eigenvalue weighted by atomic mass is 10.1. The zero-order valence-corrected chi connectivity index (χ0v) is 16.2. The van der Waals surface area contributed by atoms with Crippen LogP contribution in [-0.4, -0.2) is 50.8 Å². The fourth-order valence-corrected chi connectivity index (χ4v) is 2.82. The molecule has 2 aromatic rings. The lowest BCUT2D eigenvalue weighted by molar-refractivity contribution is -0.133. The molecule has 3 rings (SSSR count). The molecule has 1 heterocycles. The molecule has 0 atom stereocenters. The summed E-state index contributed by atoms with van der Waals surface area (Å²) in [6, 6.07) is 10.6. The highest BCUT2D eigenvalue weighted by Crippen LogP contribution is 2.31. The van der Waals surface area contributed by atoms with Crippen LogP contribution in [0.2, 0.25) is 0 Å². The molecule has 0 aliphatic carbocycles. The normalized spacial score (nSPS) is 12.2. The van der Waals surface area contributed by atoms with Gasteiger partial charge in [-0.25, -0.2) is 4.79 Å². The summed E-state index contributed by atoms with van der Waals surface area (Å²) in [6.07, 6.45) is 0. The third-order valence-electron chi connectivity index (χ3n) is 4.42. The first-order valence-corrected chi connectivity index (χ1v) is 8.92. The molecule has 0 saturated carbocycles. The second-order valence-corrected chi connectivity index (χ2v) is 6.49. The van der Waals surface area contributed by atoms with Gasteiger partial charge < -0.3 is 23.8 Å². The van der Waals surface area contributed by atoms with E-state index in [-0.39, 0.29) is 12.5 Å². The van der Waals surface area contributed by atoms with Gasteiger partial charge in [-0.1, -0.05) is 12.1 Å². The Hall–Kier alpha value is -3.22. The van der Waals surface area contributed by atoms with Crippen LogP contribution in [0.25, 0.3) is 0 Å². The van der Waals surface area contributed by atoms with Crippen LogP contribution in [0, 0.1) is 6.92 Å². The van der Waals surface area contributed by atoms with Gasteiger partial charge in [0.15, 0.2) is 18.1 Å². The van der Waals surface area contributed by atoms with Crippen molar-refractivity contribution in [2.24, 2.45) is 0 Å². The topological polar surface area (TPSA) is 74.3 Å². The third kappa shape index (κ3) is 4.54. The predicted molar refractivity (Wildman–Crippen MR) is 102 cm³/mol. The van der Waals surface area contributed by atoms with Crippen molar-refractivity contribution in [3.05, 3.63) is 53.1 Å². The summed E-state index contributed by atoms with van der Waals surface area (Å²) < 4.78 is 21.4. The number of hydrogen-bond acceptors (Lipinski definition) is 6. The zero-order valence-electron chi connectivity index (χ0n) is 16.2. The number of ether oxygens (including phenoxy) is 4. The highest BCUT2D eigenvalue weighted by molar-refractivity contribution is 5.91. The first-order chi connectivity index (χ1) is 13.5. The molecule has 0 unspecified atom stereocenters. The molecule has 1 aliphatic heterocycles. The number of methoxy groups -OCH3 is 1. The number of nitrogens with zero attached hydrogens (tertiary/aromatic N) is 1. The van der Waals surface area contributed by atoms with Gasteiger partial charge in [-0.2, -0.15) is 0 Å². The summed E-state index contributed by atoms with van der Waals surface area (Å²) in [5.41, 5.74) is 2.15. The fraction of sp³-hybridized carbons (Fsp3) is 0.333. The number of fused-ring (bicyclic) bond motifs is 1. The Balaban J connectivity index is 1.55. The number of carbonyl (C=O) groups is 2. The van der Waals surface area contributed by atoms with Gasteiger partial charge in [0.25, 0.3) is 5.91 Å². The number of amides is 1. The van der Waals surface area contributed by atoms with E-state index in [9.17, 15) is 9.59 Å². The fourth-order valence-electron chi connectivity index (χ4n) is 2.82. The second kappa shape index (κ2) is 8.65. The van der Waals surface area contributed by atoms with Gasteiger partial charge >= 0.3 is 5.97 Å². The maximum Gasteiger partial charge on any atom is 0.338 e. The zero-order chi connectivity index (χ0) is 20.1. The molecular formula is C21H23NO6. The molecule has 28 heavy (non-hydrogen) atoms. The SMILES string of the molecule is COc1cc(C(=O)OCC(=O)N(C)Cc2ccc3c(c2)OCCO3)ccc1C. The van der Waals surface area contributed by atoms with Gasteiger partial charge in [0, 0.05) is 13.6 Å². The van der Waals surface area contributed by atoms with E-state index in [1.165, 1.54) is 12.0 Å². The quantitative estimate of drug-likeness (QED) is 0.712. The predicted octanol–water partition coefficient (Wildman–Crippen LogP) is 2.59. The summed E-state index contributed by atoms with van der Waals surface area (Å²) >= 11 is 0. The molecule has 148 valence electrons. The van der Waals surface area contributed by atoms with Crippen molar-refractivity contribution in [2.45, 2.75) is 13.5 Å². The van der Waals surface area contributed by atoms with E-state index in [0.717, 1.165) is 11.1 Å². The minimum Gasteiger partial charge on any atom is -0.496 e. The lowest BCUT2D eigenvalue weighted by Gasteiger charge is -2.21. The number of likely N-dealkylation sites (N-methyl/N-ethyl adjacent to an activating group) is 1. The first kappa shape index (κ1) is 19.5. The molecule has 1 amide bonds. The maximum atomic E-state index is 12.3. The largest absolute Gasteiger partial charge is 0.496 e. The van der Waals surface area contributed by atoms with Crippen LogP contribution in [0.4, 0.5) is 0 Å². The van der Waals surface area contributed by atoms with Crippen molar-refractivity contribution < 1.29 is 28.5 Å². The summed E-state index contributed by atoms with van der Waals surface area (Å²) in [5.74, 6) is 1.09. The molecule has 0 bridgehead atoms. The van der Waals surface area contributed by atoms with Crippen LogP contribution < -0.4 is 14.2 Å². The molecule has 0 spiro atoms. The Labute approximate surface area is 163 Å². The van der Waals surface area contributed by atoms with E-state index < -0.39 is 5.97 Å². The Morgan fingerprint density at radius 3 is 2.57 bits per heavy atom. The Morgan fingerprint density at radius 2 is 1.82 bits per heavy atom. The van der Waals surface area contributed by atoms with Crippen LogP contribution in [0.5, 0.6) is 17.2 Å². The van der Waals surface area contributed by atoms with E-state index in [1.807, 2.05) is 25.1 Å². The van der Waals surface area contributed by atoms with Crippen molar-refractivity contribution >= 4 is 11.9 Å². The molecular weight excluding hydrogens is 362 g/mol. The number of benzene rings is 2. The van der Waals surface area contributed by atoms with Crippen LogP contribution in [0.1, 0.15) is 21.5 Å². The smallest absolute Gasteiger partial charge is 0.338 e. The van der Waals surface area contributed by atoms with Crippen molar-refractivity contribution in [3.63, 3.8) is 0 Å². The summed E-state index contributed by atoms with van der Waals surface area (Å²) in [7, 11) is 3.19. The van der Waals surface area contributed by atoms with Crippen LogP contribution in [0.15, 0.2) is 36.4 Å². The number of rotatable bonds is 6. The lowest BCUT2D eigenvalue weighted by Crippen LogP contribution is -2.31. The average molecular weight is 385 g/mol. The van der Waals surface area contributed by atoms with Crippen LogP contribution in [0.3, 0.4) is 0 Å². The number of esters is 1. The standard InChI is InChI=1S/C21H23NO6/c1-14-4-6-16(11-18(14)25-3)21(24)28-13-20(23)22(2)12-15-5-7-17-19(10-15)27-9-8-26-17/h4-7,10-11H,8-9,12-13H2,1-3H3. The number of aryl methyl sites for hydroxylation is 1. The van der Waals surface area contributed by atoms with Crippen molar-refractivity contribution in [1.82, 2.24) is 4.90 Å². The van der Waals surface area contributed by atoms with E-state index in [2.05, 4.69) is 0 Å². The summed E-state index contributed by atoms with van der Waals surface area (Å²) in [4.78, 5) is 26.0. The summed E-state index contributed by atoms with van der Waals surface area (Å²) in [5, 5.41) is 0. The molecule has 7 heteroatoms. The van der Waals surface area contributed by atoms with E-state index in [1.54, 1.807) is 25.2 Å².